The molecule has 1 N–H and O–H groups in total. The molecule has 1 rings (SSSR count). The Kier molecular flexibility index (Phi) is 2.80. The Balaban J connectivity index is 3.04. The zero-order chi connectivity index (χ0) is 9.84. The SMILES string of the molecule is C=C(F)c1ccccc1CC(=O)O. The summed E-state index contributed by atoms with van der Waals surface area (Å²) in [5, 5.41) is 8.52. The van der Waals surface area contributed by atoms with Crippen molar-refractivity contribution in [2.75, 3.05) is 0 Å². The van der Waals surface area contributed by atoms with Crippen LogP contribution in [0.4, 0.5) is 4.39 Å². The maximum Gasteiger partial charge on any atom is 0.307 e. The smallest absolute Gasteiger partial charge is 0.307 e. The molecule has 0 heterocycles. The summed E-state index contributed by atoms with van der Waals surface area (Å²) < 4.78 is 12.8. The summed E-state index contributed by atoms with van der Waals surface area (Å²) in [5.41, 5.74) is 0.715. The quantitative estimate of drug-likeness (QED) is 0.774. The van der Waals surface area contributed by atoms with Crippen LogP contribution in [0.1, 0.15) is 11.1 Å². The Labute approximate surface area is 75.3 Å². The van der Waals surface area contributed by atoms with Crippen LogP contribution in [0.15, 0.2) is 30.8 Å². The van der Waals surface area contributed by atoms with E-state index in [0.29, 0.717) is 5.56 Å². The number of carboxylic acids is 1. The molecule has 2 nitrogen and oxygen atoms in total. The Bertz CT molecular complexity index is 345. The molecule has 0 aliphatic rings. The highest BCUT2D eigenvalue weighted by Crippen LogP contribution is 2.18. The van der Waals surface area contributed by atoms with E-state index < -0.39 is 11.8 Å². The molecule has 0 aliphatic carbocycles. The van der Waals surface area contributed by atoms with Gasteiger partial charge in [-0.3, -0.25) is 4.79 Å². The van der Waals surface area contributed by atoms with Gasteiger partial charge in [-0.25, -0.2) is 4.39 Å². The molecule has 0 bridgehead atoms. The van der Waals surface area contributed by atoms with Gasteiger partial charge in [0.15, 0.2) is 0 Å². The number of aliphatic carboxylic acids is 1. The minimum Gasteiger partial charge on any atom is -0.481 e. The predicted octanol–water partition coefficient (Wildman–Crippen LogP) is 2.25. The number of halogens is 1. The highest BCUT2D eigenvalue weighted by atomic mass is 19.1. The highest BCUT2D eigenvalue weighted by Gasteiger charge is 2.07. The summed E-state index contributed by atoms with van der Waals surface area (Å²) in [4.78, 5) is 10.4. The van der Waals surface area contributed by atoms with Crippen LogP contribution in [-0.2, 0) is 11.2 Å². The van der Waals surface area contributed by atoms with E-state index in [1.165, 1.54) is 6.07 Å². The largest absolute Gasteiger partial charge is 0.481 e. The zero-order valence-electron chi connectivity index (χ0n) is 6.96. The van der Waals surface area contributed by atoms with Gasteiger partial charge in [0, 0.05) is 5.56 Å². The average Bonchev–Trinajstić information content (AvgIpc) is 2.03. The molecule has 1 aromatic rings. The van der Waals surface area contributed by atoms with Crippen LogP contribution >= 0.6 is 0 Å². The van der Waals surface area contributed by atoms with Crippen LogP contribution < -0.4 is 0 Å². The lowest BCUT2D eigenvalue weighted by atomic mass is 10.0. The standard InChI is InChI=1S/C10H9FO2/c1-7(11)9-5-3-2-4-8(9)6-10(12)13/h2-5H,1,6H2,(H,12,13). The molecule has 0 radical (unpaired) electrons. The van der Waals surface area contributed by atoms with Gasteiger partial charge in [0.2, 0.25) is 0 Å². The summed E-state index contributed by atoms with van der Waals surface area (Å²) in [6.07, 6.45) is -0.181. The van der Waals surface area contributed by atoms with Gasteiger partial charge >= 0.3 is 5.97 Å². The van der Waals surface area contributed by atoms with E-state index in [1.54, 1.807) is 18.2 Å². The Morgan fingerprint density at radius 3 is 2.62 bits per heavy atom. The second-order valence-electron chi connectivity index (χ2n) is 2.63. The fourth-order valence-electron chi connectivity index (χ4n) is 1.10. The lowest BCUT2D eigenvalue weighted by Gasteiger charge is -2.03. The number of carboxylic acid groups (broad SMARTS) is 1. The molecule has 0 fully saturated rings. The van der Waals surface area contributed by atoms with E-state index in [2.05, 4.69) is 6.58 Å². The monoisotopic (exact) mass is 180 g/mol. The third kappa shape index (κ3) is 2.40. The van der Waals surface area contributed by atoms with Crippen molar-refractivity contribution in [1.29, 1.82) is 0 Å². The van der Waals surface area contributed by atoms with Crippen LogP contribution in [0.5, 0.6) is 0 Å². The van der Waals surface area contributed by atoms with Crippen LogP contribution in [0.3, 0.4) is 0 Å². The van der Waals surface area contributed by atoms with Crippen LogP contribution in [-0.4, -0.2) is 11.1 Å². The first kappa shape index (κ1) is 9.45. The zero-order valence-corrected chi connectivity index (χ0v) is 6.96. The van der Waals surface area contributed by atoms with Gasteiger partial charge in [-0.1, -0.05) is 30.8 Å². The first-order valence-electron chi connectivity index (χ1n) is 3.75. The van der Waals surface area contributed by atoms with Crippen LogP contribution in [0, 0.1) is 0 Å². The van der Waals surface area contributed by atoms with E-state index in [4.69, 9.17) is 5.11 Å². The molecular formula is C10H9FO2. The third-order valence-electron chi connectivity index (χ3n) is 1.65. The number of hydrogen-bond acceptors (Lipinski definition) is 1. The summed E-state index contributed by atoms with van der Waals surface area (Å²) in [6.45, 7) is 3.13. The normalized spacial score (nSPS) is 9.62. The van der Waals surface area contributed by atoms with Crippen molar-refractivity contribution in [3.63, 3.8) is 0 Å². The van der Waals surface area contributed by atoms with Crippen molar-refractivity contribution < 1.29 is 14.3 Å². The van der Waals surface area contributed by atoms with Gasteiger partial charge in [-0.05, 0) is 5.56 Å². The number of hydrogen-bond donors (Lipinski definition) is 1. The topological polar surface area (TPSA) is 37.3 Å². The van der Waals surface area contributed by atoms with Gasteiger partial charge in [0.05, 0.1) is 6.42 Å². The van der Waals surface area contributed by atoms with E-state index >= 15 is 0 Å². The Morgan fingerprint density at radius 2 is 2.08 bits per heavy atom. The minimum atomic E-state index is -0.978. The highest BCUT2D eigenvalue weighted by molar-refractivity contribution is 5.73. The summed E-state index contributed by atoms with van der Waals surface area (Å²) in [5.74, 6) is -1.58. The van der Waals surface area contributed by atoms with Gasteiger partial charge in [0.1, 0.15) is 5.83 Å². The van der Waals surface area contributed by atoms with E-state index in [0.717, 1.165) is 0 Å². The van der Waals surface area contributed by atoms with Crippen molar-refractivity contribution >= 4 is 11.8 Å². The molecule has 0 spiro atoms. The molecule has 13 heavy (non-hydrogen) atoms. The first-order chi connectivity index (χ1) is 6.11. The average molecular weight is 180 g/mol. The van der Waals surface area contributed by atoms with Crippen molar-refractivity contribution in [1.82, 2.24) is 0 Å². The second kappa shape index (κ2) is 3.85. The molecule has 0 atom stereocenters. The molecule has 1 aromatic carbocycles. The van der Waals surface area contributed by atoms with Crippen LogP contribution in [0.2, 0.25) is 0 Å². The fraction of sp³-hybridized carbons (Fsp3) is 0.100. The number of rotatable bonds is 3. The van der Waals surface area contributed by atoms with Crippen molar-refractivity contribution in [2.24, 2.45) is 0 Å². The van der Waals surface area contributed by atoms with E-state index in [1.807, 2.05) is 0 Å². The molecule has 0 unspecified atom stereocenters. The molecular weight excluding hydrogens is 171 g/mol. The minimum absolute atomic E-state index is 0.181. The van der Waals surface area contributed by atoms with Crippen molar-refractivity contribution in [2.45, 2.75) is 6.42 Å². The summed E-state index contributed by atoms with van der Waals surface area (Å²) in [7, 11) is 0. The second-order valence-corrected chi connectivity index (χ2v) is 2.63. The lowest BCUT2D eigenvalue weighted by Crippen LogP contribution is -2.02. The molecule has 0 aromatic heterocycles. The maximum absolute atomic E-state index is 12.8. The van der Waals surface area contributed by atoms with Gasteiger partial charge in [-0.2, -0.15) is 0 Å². The van der Waals surface area contributed by atoms with Gasteiger partial charge < -0.3 is 5.11 Å². The summed E-state index contributed by atoms with van der Waals surface area (Å²) >= 11 is 0. The van der Waals surface area contributed by atoms with Gasteiger partial charge in [-0.15, -0.1) is 0 Å². The lowest BCUT2D eigenvalue weighted by molar-refractivity contribution is -0.136. The van der Waals surface area contributed by atoms with Crippen LogP contribution in [0.25, 0.3) is 5.83 Å². The molecule has 0 aliphatic heterocycles. The van der Waals surface area contributed by atoms with E-state index in [9.17, 15) is 9.18 Å². The molecule has 68 valence electrons. The van der Waals surface area contributed by atoms with Crippen molar-refractivity contribution in [3.05, 3.63) is 42.0 Å². The first-order valence-corrected chi connectivity index (χ1v) is 3.75. The molecule has 0 amide bonds. The third-order valence-corrected chi connectivity index (χ3v) is 1.65. The molecule has 3 heteroatoms. The maximum atomic E-state index is 12.8. The van der Waals surface area contributed by atoms with Crippen molar-refractivity contribution in [3.8, 4) is 0 Å². The predicted molar refractivity (Wildman–Crippen MR) is 47.9 cm³/mol. The molecule has 0 saturated heterocycles. The Hall–Kier alpha value is -1.64. The number of benzene rings is 1. The van der Waals surface area contributed by atoms with E-state index in [-0.39, 0.29) is 12.0 Å². The van der Waals surface area contributed by atoms with Gasteiger partial charge in [0.25, 0.3) is 0 Å². The summed E-state index contributed by atoms with van der Waals surface area (Å²) in [6, 6.07) is 6.41. The Morgan fingerprint density at radius 1 is 1.46 bits per heavy atom. The number of carbonyl (C=O) groups is 1. The molecule has 0 saturated carbocycles. The fourth-order valence-corrected chi connectivity index (χ4v) is 1.10.